The molecule has 1 aliphatic carbocycles. The molecule has 5 aromatic carbocycles. The highest BCUT2D eigenvalue weighted by Gasteiger charge is 2.32. The van der Waals surface area contributed by atoms with E-state index >= 15 is 0 Å². The van der Waals surface area contributed by atoms with Gasteiger partial charge in [-0.1, -0.05) is 179 Å². The van der Waals surface area contributed by atoms with Gasteiger partial charge in [0, 0.05) is 55.5 Å². The zero-order chi connectivity index (χ0) is 48.4. The summed E-state index contributed by atoms with van der Waals surface area (Å²) in [6, 6.07) is 40.7. The fraction of sp³-hybridized carbons (Fsp3) is 0.0784. The summed E-state index contributed by atoms with van der Waals surface area (Å²) in [7, 11) is 0. The lowest BCUT2D eigenvalue weighted by molar-refractivity contribution is -0.124. The molecule has 2 aliphatic rings. The van der Waals surface area contributed by atoms with Crippen LogP contribution in [0.5, 0.6) is 0 Å². The molecular formula is C51H35Cl6IN9O3-. The number of nitrogens with zero attached hydrogens (tertiary/aromatic N) is 8. The third-order valence-corrected chi connectivity index (χ3v) is 12.4. The summed E-state index contributed by atoms with van der Waals surface area (Å²) in [5.74, 6) is -0.338. The molecule has 11 rings (SSSR count). The quantitative estimate of drug-likeness (QED) is 0.168. The second-order valence-corrected chi connectivity index (χ2v) is 17.5. The first-order valence-corrected chi connectivity index (χ1v) is 23.2. The van der Waals surface area contributed by atoms with Gasteiger partial charge in [-0.25, -0.2) is 14.8 Å². The second-order valence-electron chi connectivity index (χ2n) is 15.2. The fourth-order valence-corrected chi connectivity index (χ4v) is 8.44. The molecule has 0 saturated heterocycles. The van der Waals surface area contributed by atoms with E-state index in [2.05, 4.69) is 35.9 Å². The SMILES string of the molecule is Clc1nnc(Cl)c2ccccc12.O=C1NN=C(Cl)C2C=CC=CC12.O=c1c2ccccc2c(-c2ccncc2)nn1Cc1ccc(Cl)cc1.O=c1c2ccccc2c(Cl)nn1Cc1ccc(Cl)cc1.[I-]. The lowest BCUT2D eigenvalue weighted by Gasteiger charge is -2.24. The van der Waals surface area contributed by atoms with Crippen molar-refractivity contribution < 1.29 is 28.8 Å². The first kappa shape index (κ1) is 51.8. The number of amides is 1. The average molecular weight is 1160 g/mol. The maximum atomic E-state index is 12.8. The minimum atomic E-state index is -0.181. The van der Waals surface area contributed by atoms with Crippen molar-refractivity contribution in [3.8, 4) is 11.3 Å². The lowest BCUT2D eigenvalue weighted by Crippen LogP contribution is -3.00. The van der Waals surface area contributed by atoms with Gasteiger partial charge in [-0.2, -0.15) is 15.3 Å². The van der Waals surface area contributed by atoms with Gasteiger partial charge in [-0.15, -0.1) is 10.2 Å². The third kappa shape index (κ3) is 12.5. The van der Waals surface area contributed by atoms with Gasteiger partial charge >= 0.3 is 0 Å². The van der Waals surface area contributed by atoms with Crippen LogP contribution in [-0.2, 0) is 17.9 Å². The van der Waals surface area contributed by atoms with Gasteiger partial charge in [0.15, 0.2) is 15.5 Å². The van der Waals surface area contributed by atoms with Crippen molar-refractivity contribution in [2.75, 3.05) is 0 Å². The zero-order valence-electron chi connectivity index (χ0n) is 36.2. The Kier molecular flexibility index (Phi) is 17.9. The van der Waals surface area contributed by atoms with Gasteiger partial charge in [0.2, 0.25) is 5.91 Å². The maximum absolute atomic E-state index is 12.8. The highest BCUT2D eigenvalue weighted by molar-refractivity contribution is 6.66. The van der Waals surface area contributed by atoms with E-state index < -0.39 is 0 Å². The number of allylic oxidation sites excluding steroid dienone is 3. The summed E-state index contributed by atoms with van der Waals surface area (Å²) >= 11 is 35.3. The Morgan fingerprint density at radius 2 is 0.914 bits per heavy atom. The number of halogens is 7. The number of rotatable bonds is 5. The van der Waals surface area contributed by atoms with E-state index in [1.807, 2.05) is 133 Å². The Morgan fingerprint density at radius 3 is 1.41 bits per heavy atom. The Bertz CT molecular complexity index is 3500. The molecule has 12 nitrogen and oxygen atoms in total. The van der Waals surface area contributed by atoms with E-state index in [-0.39, 0.29) is 52.8 Å². The van der Waals surface area contributed by atoms with Crippen LogP contribution in [0.15, 0.2) is 185 Å². The first-order chi connectivity index (χ1) is 33.4. The molecule has 1 amide bonds. The fourth-order valence-electron chi connectivity index (χ4n) is 7.27. The summed E-state index contributed by atoms with van der Waals surface area (Å²) in [4.78, 5) is 40.5. The molecule has 9 aromatic rings. The van der Waals surface area contributed by atoms with Gasteiger partial charge in [-0.3, -0.25) is 19.4 Å². The number of hydrogen-bond acceptors (Lipinski definition) is 9. The van der Waals surface area contributed by atoms with Crippen LogP contribution in [0.2, 0.25) is 25.5 Å². The standard InChI is InChI=1S/C20H14ClN3O.C15H10Cl2N2O.C8H4Cl2N2.C8H7ClN2O.HI/c21-16-7-5-14(6-8-16)13-24-20(25)18-4-2-1-3-17(18)19(23-24)15-9-11-22-12-10-15;16-11-7-5-10(6-8-11)9-19-15(20)13-4-2-1-3-12(13)14(17)18-19;9-7-5-3-1-2-4-6(5)8(10)12-11-7;9-7-5-3-1-2-4-6(5)8(12)11-10-7;/h1-12H,13H2;1-8H,9H2;1-4H;1-6H,(H,11,12);1H/p-1. The van der Waals surface area contributed by atoms with Gasteiger partial charge in [-0.05, 0) is 59.7 Å². The molecule has 2 atom stereocenters. The summed E-state index contributed by atoms with van der Waals surface area (Å²) in [5, 5.41) is 27.1. The number of pyridine rings is 1. The summed E-state index contributed by atoms with van der Waals surface area (Å²) in [5.41, 5.74) is 5.71. The molecule has 0 spiro atoms. The predicted molar refractivity (Wildman–Crippen MR) is 278 cm³/mol. The minimum absolute atomic E-state index is 0. The number of fused-ring (bicyclic) bond motifs is 4. The molecular weight excluding hydrogens is 1130 g/mol. The van der Waals surface area contributed by atoms with E-state index in [0.29, 0.717) is 59.9 Å². The predicted octanol–water partition coefficient (Wildman–Crippen LogP) is 8.88. The normalized spacial score (nSPS) is 14.4. The van der Waals surface area contributed by atoms with Gasteiger partial charge in [0.1, 0.15) is 5.17 Å². The Balaban J connectivity index is 0.000000143. The Labute approximate surface area is 447 Å². The number of benzene rings is 5. The monoisotopic (exact) mass is 1160 g/mol. The third-order valence-electron chi connectivity index (χ3n) is 10.7. The Hall–Kier alpha value is -6.04. The molecule has 4 aromatic heterocycles. The molecule has 1 aliphatic heterocycles. The van der Waals surface area contributed by atoms with Crippen LogP contribution in [0.1, 0.15) is 11.1 Å². The molecule has 19 heteroatoms. The summed E-state index contributed by atoms with van der Waals surface area (Å²) in [6.45, 7) is 0.749. The molecule has 2 unspecified atom stereocenters. The zero-order valence-corrected chi connectivity index (χ0v) is 42.9. The van der Waals surface area contributed by atoms with E-state index in [4.69, 9.17) is 69.6 Å². The highest BCUT2D eigenvalue weighted by Crippen LogP contribution is 2.27. The Morgan fingerprint density at radius 1 is 0.486 bits per heavy atom. The van der Waals surface area contributed by atoms with Crippen molar-refractivity contribution >= 4 is 113 Å². The van der Waals surface area contributed by atoms with Crippen LogP contribution in [0.4, 0.5) is 0 Å². The van der Waals surface area contributed by atoms with Crippen LogP contribution in [0.3, 0.4) is 0 Å². The van der Waals surface area contributed by atoms with Crippen molar-refractivity contribution in [1.82, 2.24) is 40.2 Å². The van der Waals surface area contributed by atoms with E-state index in [0.717, 1.165) is 38.5 Å². The van der Waals surface area contributed by atoms with E-state index in [1.54, 1.807) is 36.7 Å². The van der Waals surface area contributed by atoms with Gasteiger partial charge < -0.3 is 24.0 Å². The van der Waals surface area contributed by atoms with Crippen molar-refractivity contribution in [1.29, 1.82) is 0 Å². The smallest absolute Gasteiger partial charge is 0.275 e. The van der Waals surface area contributed by atoms with E-state index in [9.17, 15) is 14.4 Å². The van der Waals surface area contributed by atoms with Crippen LogP contribution in [0.25, 0.3) is 43.6 Å². The maximum Gasteiger partial charge on any atom is 0.275 e. The van der Waals surface area contributed by atoms with E-state index in [1.165, 1.54) is 9.36 Å². The molecule has 0 saturated carbocycles. The average Bonchev–Trinajstić information content (AvgIpc) is 3.38. The molecule has 352 valence electrons. The molecule has 5 heterocycles. The number of aromatic nitrogens is 7. The van der Waals surface area contributed by atoms with Crippen molar-refractivity contribution in [3.05, 3.63) is 227 Å². The topological polar surface area (TPSA) is 150 Å². The van der Waals surface area contributed by atoms with Crippen molar-refractivity contribution in [2.45, 2.75) is 13.1 Å². The highest BCUT2D eigenvalue weighted by atomic mass is 127. The largest absolute Gasteiger partial charge is 1.00 e. The number of hydrogen-bond donors (Lipinski definition) is 1. The molecule has 0 fully saturated rings. The van der Waals surface area contributed by atoms with Crippen LogP contribution in [0, 0.1) is 11.8 Å². The van der Waals surface area contributed by atoms with Crippen molar-refractivity contribution in [2.24, 2.45) is 16.9 Å². The first-order valence-electron chi connectivity index (χ1n) is 20.9. The van der Waals surface area contributed by atoms with Gasteiger partial charge in [0.25, 0.3) is 11.1 Å². The van der Waals surface area contributed by atoms with Crippen molar-refractivity contribution in [3.63, 3.8) is 0 Å². The second kappa shape index (κ2) is 24.2. The molecule has 1 N–H and O–H groups in total. The summed E-state index contributed by atoms with van der Waals surface area (Å²) in [6.07, 6.45) is 10.9. The van der Waals surface area contributed by atoms with Gasteiger partial charge in [0.05, 0.1) is 35.5 Å². The molecule has 0 radical (unpaired) electrons. The van der Waals surface area contributed by atoms with Crippen LogP contribution >= 0.6 is 69.6 Å². The van der Waals surface area contributed by atoms with Crippen LogP contribution < -0.4 is 40.5 Å². The number of carbonyl (C=O) groups is 1. The number of hydrazone groups is 1. The number of carbonyl (C=O) groups excluding carboxylic acids is 1. The molecule has 0 bridgehead atoms. The number of nitrogens with one attached hydrogen (secondary N) is 1. The lowest BCUT2D eigenvalue weighted by atomic mass is 9.88. The van der Waals surface area contributed by atoms with Crippen LogP contribution in [-0.4, -0.2) is 45.8 Å². The summed E-state index contributed by atoms with van der Waals surface area (Å²) < 4.78 is 2.87. The molecule has 70 heavy (non-hydrogen) atoms. The minimum Gasteiger partial charge on any atom is -1.00 e.